The van der Waals surface area contributed by atoms with Crippen molar-refractivity contribution in [2.45, 2.75) is 58.7 Å². The SMILES string of the molecule is CC(C)N(C(=O)C[C@H](c1ccccc1)c1cn(Cc2ccccc2)c2ccc([N+](=O)[O-])cc12)C(C)C. The third-order valence-corrected chi connectivity index (χ3v) is 6.66. The largest absolute Gasteiger partial charge is 0.343 e. The van der Waals surface area contributed by atoms with Gasteiger partial charge in [0, 0.05) is 60.2 Å². The van der Waals surface area contributed by atoms with Gasteiger partial charge in [-0.1, -0.05) is 60.7 Å². The molecule has 0 fully saturated rings. The van der Waals surface area contributed by atoms with Crippen molar-refractivity contribution in [3.63, 3.8) is 0 Å². The molecule has 1 aromatic heterocycles. The molecule has 0 saturated heterocycles. The second-order valence-corrected chi connectivity index (χ2v) is 9.81. The fraction of sp³-hybridized carbons (Fsp3) is 0.300. The number of rotatable bonds is 9. The maximum absolute atomic E-state index is 13.6. The van der Waals surface area contributed by atoms with E-state index in [1.807, 2.05) is 87.2 Å². The van der Waals surface area contributed by atoms with Gasteiger partial charge in [0.1, 0.15) is 0 Å². The number of fused-ring (bicyclic) bond motifs is 1. The van der Waals surface area contributed by atoms with E-state index in [1.54, 1.807) is 12.1 Å². The van der Waals surface area contributed by atoms with Crippen molar-refractivity contribution < 1.29 is 9.72 Å². The third-order valence-electron chi connectivity index (χ3n) is 6.66. The summed E-state index contributed by atoms with van der Waals surface area (Å²) in [7, 11) is 0. The minimum atomic E-state index is -0.361. The first-order valence-corrected chi connectivity index (χ1v) is 12.4. The fourth-order valence-electron chi connectivity index (χ4n) is 5.16. The summed E-state index contributed by atoms with van der Waals surface area (Å²) in [5, 5.41) is 12.5. The van der Waals surface area contributed by atoms with Crippen LogP contribution in [0.2, 0.25) is 0 Å². The fourth-order valence-corrected chi connectivity index (χ4v) is 5.16. The molecule has 0 aliphatic heterocycles. The third kappa shape index (κ3) is 5.33. The molecule has 0 bridgehead atoms. The predicted molar refractivity (Wildman–Crippen MR) is 144 cm³/mol. The minimum absolute atomic E-state index is 0.0466. The van der Waals surface area contributed by atoms with E-state index in [0.717, 1.165) is 27.6 Å². The van der Waals surface area contributed by atoms with Crippen LogP contribution in [0.15, 0.2) is 85.1 Å². The molecular formula is C30H33N3O3. The Hall–Kier alpha value is -3.93. The molecule has 6 heteroatoms. The van der Waals surface area contributed by atoms with E-state index in [-0.39, 0.29) is 40.9 Å². The van der Waals surface area contributed by atoms with Crippen molar-refractivity contribution >= 4 is 22.5 Å². The summed E-state index contributed by atoms with van der Waals surface area (Å²) >= 11 is 0. The van der Waals surface area contributed by atoms with Crippen molar-refractivity contribution in [1.82, 2.24) is 9.47 Å². The van der Waals surface area contributed by atoms with Crippen molar-refractivity contribution in [1.29, 1.82) is 0 Å². The lowest BCUT2D eigenvalue weighted by molar-refractivity contribution is -0.384. The van der Waals surface area contributed by atoms with Crippen LogP contribution in [0.25, 0.3) is 10.9 Å². The Morgan fingerprint density at radius 1 is 0.917 bits per heavy atom. The predicted octanol–water partition coefficient (Wildman–Crippen LogP) is 6.77. The summed E-state index contributed by atoms with van der Waals surface area (Å²) < 4.78 is 2.13. The molecule has 4 aromatic rings. The Kier molecular flexibility index (Phi) is 7.53. The van der Waals surface area contributed by atoms with Crippen LogP contribution in [0.5, 0.6) is 0 Å². The number of non-ortho nitro benzene ring substituents is 1. The van der Waals surface area contributed by atoms with Crippen molar-refractivity contribution in [3.8, 4) is 0 Å². The maximum atomic E-state index is 13.6. The lowest BCUT2D eigenvalue weighted by atomic mass is 9.87. The average Bonchev–Trinajstić information content (AvgIpc) is 3.20. The number of hydrogen-bond acceptors (Lipinski definition) is 3. The zero-order valence-corrected chi connectivity index (χ0v) is 21.3. The van der Waals surface area contributed by atoms with Crippen molar-refractivity contribution in [2.24, 2.45) is 0 Å². The van der Waals surface area contributed by atoms with Crippen LogP contribution in [0.1, 0.15) is 56.7 Å². The summed E-state index contributed by atoms with van der Waals surface area (Å²) in [6, 6.07) is 25.3. The van der Waals surface area contributed by atoms with Gasteiger partial charge in [0.2, 0.25) is 5.91 Å². The molecule has 0 aliphatic carbocycles. The number of nitro benzene ring substituents is 1. The summed E-state index contributed by atoms with van der Waals surface area (Å²) in [6.45, 7) is 8.76. The summed E-state index contributed by atoms with van der Waals surface area (Å²) in [4.78, 5) is 26.8. The van der Waals surface area contributed by atoms with Gasteiger partial charge < -0.3 is 9.47 Å². The molecule has 0 N–H and O–H groups in total. The van der Waals surface area contributed by atoms with Gasteiger partial charge in [-0.3, -0.25) is 14.9 Å². The summed E-state index contributed by atoms with van der Waals surface area (Å²) in [5.41, 5.74) is 4.04. The van der Waals surface area contributed by atoms with Crippen LogP contribution in [0.3, 0.4) is 0 Å². The van der Waals surface area contributed by atoms with E-state index in [4.69, 9.17) is 0 Å². The highest BCUT2D eigenvalue weighted by Gasteiger charge is 2.28. The van der Waals surface area contributed by atoms with E-state index < -0.39 is 0 Å². The summed E-state index contributed by atoms with van der Waals surface area (Å²) in [5.74, 6) is -0.163. The van der Waals surface area contributed by atoms with Gasteiger partial charge in [0.25, 0.3) is 5.69 Å². The van der Waals surface area contributed by atoms with E-state index in [2.05, 4.69) is 22.9 Å². The number of nitro groups is 1. The Labute approximate surface area is 212 Å². The number of hydrogen-bond donors (Lipinski definition) is 0. The molecule has 0 radical (unpaired) electrons. The average molecular weight is 484 g/mol. The zero-order chi connectivity index (χ0) is 25.8. The molecule has 6 nitrogen and oxygen atoms in total. The van der Waals surface area contributed by atoms with Gasteiger partial charge >= 0.3 is 0 Å². The van der Waals surface area contributed by atoms with Gasteiger partial charge in [-0.15, -0.1) is 0 Å². The number of carbonyl (C=O) groups is 1. The first kappa shape index (κ1) is 25.2. The van der Waals surface area contributed by atoms with Gasteiger partial charge in [-0.05, 0) is 50.5 Å². The molecule has 36 heavy (non-hydrogen) atoms. The molecule has 3 aromatic carbocycles. The Morgan fingerprint density at radius 2 is 1.53 bits per heavy atom. The first-order valence-electron chi connectivity index (χ1n) is 12.4. The van der Waals surface area contributed by atoms with Crippen LogP contribution in [-0.2, 0) is 11.3 Å². The molecule has 4 rings (SSSR count). The molecule has 1 atom stereocenters. The molecule has 0 spiro atoms. The lowest BCUT2D eigenvalue weighted by Crippen LogP contribution is -2.42. The topological polar surface area (TPSA) is 68.4 Å². The van der Waals surface area contributed by atoms with Gasteiger partial charge in [-0.25, -0.2) is 0 Å². The highest BCUT2D eigenvalue weighted by atomic mass is 16.6. The Balaban J connectivity index is 1.87. The highest BCUT2D eigenvalue weighted by molar-refractivity contribution is 5.88. The number of carbonyl (C=O) groups excluding carboxylic acids is 1. The zero-order valence-electron chi connectivity index (χ0n) is 21.3. The molecule has 186 valence electrons. The maximum Gasteiger partial charge on any atom is 0.270 e. The lowest BCUT2D eigenvalue weighted by Gasteiger charge is -2.32. The molecule has 1 amide bonds. The van der Waals surface area contributed by atoms with Crippen LogP contribution in [0.4, 0.5) is 5.69 Å². The smallest absolute Gasteiger partial charge is 0.270 e. The standard InChI is InChI=1S/C30H33N3O3/c1-21(2)32(22(3)4)30(34)18-26(24-13-9-6-10-14-24)28-20-31(19-23-11-7-5-8-12-23)29-16-15-25(33(35)36)17-27(28)29/h5-17,20-22,26H,18-19H2,1-4H3/t26-/m1/s1. The number of nitrogens with zero attached hydrogens (tertiary/aromatic N) is 3. The first-order chi connectivity index (χ1) is 17.3. The molecule has 0 aliphatic rings. The van der Waals surface area contributed by atoms with E-state index >= 15 is 0 Å². The second-order valence-electron chi connectivity index (χ2n) is 9.81. The van der Waals surface area contributed by atoms with Crippen LogP contribution in [-0.4, -0.2) is 32.4 Å². The Morgan fingerprint density at radius 3 is 2.11 bits per heavy atom. The Bertz CT molecular complexity index is 1340. The van der Waals surface area contributed by atoms with Crippen LogP contribution >= 0.6 is 0 Å². The summed E-state index contributed by atoms with van der Waals surface area (Å²) in [6.07, 6.45) is 2.36. The monoisotopic (exact) mass is 483 g/mol. The van der Waals surface area contributed by atoms with Gasteiger partial charge in [0.05, 0.1) is 4.92 Å². The van der Waals surface area contributed by atoms with Gasteiger partial charge in [0.15, 0.2) is 0 Å². The van der Waals surface area contributed by atoms with Gasteiger partial charge in [-0.2, -0.15) is 0 Å². The number of benzene rings is 3. The van der Waals surface area contributed by atoms with Crippen LogP contribution in [0, 0.1) is 10.1 Å². The molecule has 1 heterocycles. The van der Waals surface area contributed by atoms with E-state index in [9.17, 15) is 14.9 Å². The molecule has 0 saturated carbocycles. The van der Waals surface area contributed by atoms with Crippen molar-refractivity contribution in [3.05, 3.63) is 112 Å². The second kappa shape index (κ2) is 10.8. The minimum Gasteiger partial charge on any atom is -0.343 e. The highest BCUT2D eigenvalue weighted by Crippen LogP contribution is 2.37. The quantitative estimate of drug-likeness (QED) is 0.195. The molecular weight excluding hydrogens is 450 g/mol. The molecule has 0 unspecified atom stereocenters. The number of aromatic nitrogens is 1. The number of amides is 1. The normalized spacial score (nSPS) is 12.3. The van der Waals surface area contributed by atoms with Crippen LogP contribution < -0.4 is 0 Å². The van der Waals surface area contributed by atoms with Crippen molar-refractivity contribution in [2.75, 3.05) is 0 Å². The van der Waals surface area contributed by atoms with E-state index in [1.165, 1.54) is 0 Å². The van der Waals surface area contributed by atoms with E-state index in [0.29, 0.717) is 6.54 Å².